The third-order valence-electron chi connectivity index (χ3n) is 4.11. The van der Waals surface area contributed by atoms with Crippen molar-refractivity contribution < 1.29 is 4.79 Å². The van der Waals surface area contributed by atoms with Gasteiger partial charge in [0.05, 0.1) is 5.92 Å². The Bertz CT molecular complexity index is 507. The van der Waals surface area contributed by atoms with E-state index in [0.717, 1.165) is 57.4 Å². The fourth-order valence-corrected chi connectivity index (χ4v) is 3.30. The Balaban J connectivity index is 1.88. The highest BCUT2D eigenvalue weighted by atomic mass is 35.5. The van der Waals surface area contributed by atoms with E-state index in [1.807, 2.05) is 12.1 Å². The zero-order valence-electron chi connectivity index (χ0n) is 13.1. The summed E-state index contributed by atoms with van der Waals surface area (Å²) in [6.45, 7) is 5.50. The van der Waals surface area contributed by atoms with Crippen molar-refractivity contribution in [3.63, 3.8) is 0 Å². The lowest BCUT2D eigenvalue weighted by molar-refractivity contribution is -0.126. The molecule has 0 unspecified atom stereocenters. The summed E-state index contributed by atoms with van der Waals surface area (Å²) >= 11 is 12.2. The summed E-state index contributed by atoms with van der Waals surface area (Å²) in [6.07, 6.45) is 4.18. The van der Waals surface area contributed by atoms with E-state index < -0.39 is 0 Å². The molecule has 0 saturated carbocycles. The Morgan fingerprint density at radius 2 is 2.23 bits per heavy atom. The van der Waals surface area contributed by atoms with Crippen LogP contribution in [0.3, 0.4) is 0 Å². The summed E-state index contributed by atoms with van der Waals surface area (Å²) in [7, 11) is 0. The molecule has 1 heterocycles. The molecular weight excluding hydrogens is 319 g/mol. The van der Waals surface area contributed by atoms with E-state index in [4.69, 9.17) is 23.2 Å². The Morgan fingerprint density at radius 3 is 2.95 bits per heavy atom. The van der Waals surface area contributed by atoms with Crippen molar-refractivity contribution in [2.75, 3.05) is 19.6 Å². The van der Waals surface area contributed by atoms with Crippen molar-refractivity contribution in [1.29, 1.82) is 0 Å². The maximum atomic E-state index is 12.2. The SMILES string of the molecule is CCCCNC(=O)[C@H]1CCCN(Cc2ccc(Cl)cc2Cl)C1. The lowest BCUT2D eigenvalue weighted by Gasteiger charge is -2.32. The fraction of sp³-hybridized carbons (Fsp3) is 0.588. The molecule has 1 N–H and O–H groups in total. The minimum atomic E-state index is 0.0941. The molecule has 0 aromatic heterocycles. The Hall–Kier alpha value is -0.770. The molecule has 5 heteroatoms. The van der Waals surface area contributed by atoms with E-state index in [1.165, 1.54) is 0 Å². The molecule has 0 aliphatic carbocycles. The third kappa shape index (κ3) is 5.15. The van der Waals surface area contributed by atoms with Crippen LogP contribution in [0, 0.1) is 5.92 Å². The van der Waals surface area contributed by atoms with Crippen molar-refractivity contribution in [1.82, 2.24) is 10.2 Å². The number of amides is 1. The first-order valence-corrected chi connectivity index (χ1v) is 8.79. The first kappa shape index (κ1) is 17.6. The molecule has 0 bridgehead atoms. The van der Waals surface area contributed by atoms with Gasteiger partial charge in [0.25, 0.3) is 0 Å². The van der Waals surface area contributed by atoms with Crippen LogP contribution < -0.4 is 5.32 Å². The van der Waals surface area contributed by atoms with Crippen LogP contribution in [0.5, 0.6) is 0 Å². The van der Waals surface area contributed by atoms with E-state index >= 15 is 0 Å². The average molecular weight is 343 g/mol. The standard InChI is InChI=1S/C17H24Cl2N2O/c1-2-3-8-20-17(22)14-5-4-9-21(12-14)11-13-6-7-15(18)10-16(13)19/h6-7,10,14H,2-5,8-9,11-12H2,1H3,(H,20,22)/t14-/m0/s1. The maximum Gasteiger partial charge on any atom is 0.224 e. The van der Waals surface area contributed by atoms with Crippen LogP contribution in [0.1, 0.15) is 38.2 Å². The van der Waals surface area contributed by atoms with Crippen molar-refractivity contribution in [2.24, 2.45) is 5.92 Å². The number of carbonyl (C=O) groups excluding carboxylic acids is 1. The minimum absolute atomic E-state index is 0.0941. The third-order valence-corrected chi connectivity index (χ3v) is 4.70. The zero-order valence-corrected chi connectivity index (χ0v) is 14.6. The first-order chi connectivity index (χ1) is 10.6. The van der Waals surface area contributed by atoms with Gasteiger partial charge in [-0.15, -0.1) is 0 Å². The summed E-state index contributed by atoms with van der Waals surface area (Å²) in [5.74, 6) is 0.289. The molecule has 1 fully saturated rings. The second-order valence-corrected chi connectivity index (χ2v) is 6.80. The maximum absolute atomic E-state index is 12.2. The molecular formula is C17H24Cl2N2O. The Kier molecular flexibility index (Phi) is 7.00. The highest BCUT2D eigenvalue weighted by Crippen LogP contribution is 2.24. The molecule has 1 aromatic carbocycles. The van der Waals surface area contributed by atoms with Crippen LogP contribution >= 0.6 is 23.2 Å². The van der Waals surface area contributed by atoms with Crippen LogP contribution in [0.25, 0.3) is 0 Å². The van der Waals surface area contributed by atoms with E-state index in [1.54, 1.807) is 6.07 Å². The number of rotatable bonds is 6. The van der Waals surface area contributed by atoms with Gasteiger partial charge in [-0.25, -0.2) is 0 Å². The van der Waals surface area contributed by atoms with E-state index in [-0.39, 0.29) is 11.8 Å². The number of nitrogens with zero attached hydrogens (tertiary/aromatic N) is 1. The average Bonchev–Trinajstić information content (AvgIpc) is 2.50. The smallest absolute Gasteiger partial charge is 0.224 e. The number of benzene rings is 1. The molecule has 1 aliphatic heterocycles. The number of carbonyl (C=O) groups is 1. The van der Waals surface area contributed by atoms with Crippen molar-refractivity contribution in [2.45, 2.75) is 39.2 Å². The predicted molar refractivity (Wildman–Crippen MR) is 92.4 cm³/mol. The van der Waals surface area contributed by atoms with Crippen LogP contribution in [0.2, 0.25) is 10.0 Å². The highest BCUT2D eigenvalue weighted by molar-refractivity contribution is 6.35. The van der Waals surface area contributed by atoms with E-state index in [9.17, 15) is 4.79 Å². The van der Waals surface area contributed by atoms with Crippen LogP contribution in [0.4, 0.5) is 0 Å². The largest absolute Gasteiger partial charge is 0.356 e. The zero-order chi connectivity index (χ0) is 15.9. The van der Waals surface area contributed by atoms with Gasteiger partial charge in [0.15, 0.2) is 0 Å². The minimum Gasteiger partial charge on any atom is -0.356 e. The van der Waals surface area contributed by atoms with Gasteiger partial charge < -0.3 is 5.32 Å². The van der Waals surface area contributed by atoms with E-state index in [2.05, 4.69) is 17.1 Å². The van der Waals surface area contributed by atoms with Gasteiger partial charge in [0.1, 0.15) is 0 Å². The molecule has 2 rings (SSSR count). The van der Waals surface area contributed by atoms with Gasteiger partial charge >= 0.3 is 0 Å². The topological polar surface area (TPSA) is 32.3 Å². The molecule has 1 aliphatic rings. The molecule has 122 valence electrons. The summed E-state index contributed by atoms with van der Waals surface area (Å²) in [5.41, 5.74) is 1.07. The molecule has 1 amide bonds. The quantitative estimate of drug-likeness (QED) is 0.788. The molecule has 1 saturated heterocycles. The fourth-order valence-electron chi connectivity index (χ4n) is 2.84. The molecule has 1 aromatic rings. The molecule has 0 spiro atoms. The second-order valence-electron chi connectivity index (χ2n) is 5.95. The number of piperidine rings is 1. The van der Waals surface area contributed by atoms with Crippen molar-refractivity contribution >= 4 is 29.1 Å². The van der Waals surface area contributed by atoms with Gasteiger partial charge in [-0.1, -0.05) is 42.6 Å². The molecule has 3 nitrogen and oxygen atoms in total. The van der Waals surface area contributed by atoms with Gasteiger partial charge in [0.2, 0.25) is 5.91 Å². The molecule has 0 radical (unpaired) electrons. The number of likely N-dealkylation sites (tertiary alicyclic amines) is 1. The van der Waals surface area contributed by atoms with Crippen molar-refractivity contribution in [3.05, 3.63) is 33.8 Å². The number of hydrogen-bond acceptors (Lipinski definition) is 2. The van der Waals surface area contributed by atoms with Gasteiger partial charge in [-0.2, -0.15) is 0 Å². The summed E-state index contributed by atoms with van der Waals surface area (Å²) in [5, 5.41) is 4.40. The van der Waals surface area contributed by atoms with Gasteiger partial charge in [-0.3, -0.25) is 9.69 Å². The van der Waals surface area contributed by atoms with Gasteiger partial charge in [-0.05, 0) is 43.5 Å². The van der Waals surface area contributed by atoms with Gasteiger partial charge in [0, 0.05) is 29.7 Å². The number of nitrogens with one attached hydrogen (secondary N) is 1. The monoisotopic (exact) mass is 342 g/mol. The van der Waals surface area contributed by atoms with Crippen molar-refractivity contribution in [3.8, 4) is 0 Å². The lowest BCUT2D eigenvalue weighted by atomic mass is 9.96. The second kappa shape index (κ2) is 8.76. The summed E-state index contributed by atoms with van der Waals surface area (Å²) < 4.78 is 0. The van der Waals surface area contributed by atoms with Crippen LogP contribution in [-0.2, 0) is 11.3 Å². The molecule has 22 heavy (non-hydrogen) atoms. The number of halogens is 2. The molecule has 1 atom stereocenters. The summed E-state index contributed by atoms with van der Waals surface area (Å²) in [4.78, 5) is 14.5. The van der Waals surface area contributed by atoms with E-state index in [0.29, 0.717) is 10.0 Å². The van der Waals surface area contributed by atoms with Crippen LogP contribution in [0.15, 0.2) is 18.2 Å². The summed E-state index contributed by atoms with van der Waals surface area (Å²) in [6, 6.07) is 5.61. The Morgan fingerprint density at radius 1 is 1.41 bits per heavy atom. The normalized spacial score (nSPS) is 19.1. The highest BCUT2D eigenvalue weighted by Gasteiger charge is 2.25. The lowest BCUT2D eigenvalue weighted by Crippen LogP contribution is -2.42. The number of unbranched alkanes of at least 4 members (excludes halogenated alkanes) is 1. The Labute approximate surface area is 143 Å². The number of hydrogen-bond donors (Lipinski definition) is 1. The first-order valence-electron chi connectivity index (χ1n) is 8.04. The van der Waals surface area contributed by atoms with Crippen LogP contribution in [-0.4, -0.2) is 30.4 Å². The predicted octanol–water partition coefficient (Wildman–Crippen LogP) is 4.12.